The number of aliphatic hydroxyl groups is 1. The highest BCUT2D eigenvalue weighted by Gasteiger charge is 2.39. The predicted octanol–water partition coefficient (Wildman–Crippen LogP) is 1.43. The molecule has 3 heteroatoms. The van der Waals surface area contributed by atoms with Crippen LogP contribution in [0, 0.1) is 5.82 Å². The highest BCUT2D eigenvalue weighted by molar-refractivity contribution is 5.25. The van der Waals surface area contributed by atoms with Gasteiger partial charge in [-0.15, -0.1) is 0 Å². The van der Waals surface area contributed by atoms with E-state index in [-0.39, 0.29) is 12.4 Å². The van der Waals surface area contributed by atoms with Crippen molar-refractivity contribution in [2.45, 2.75) is 12.0 Å². The van der Waals surface area contributed by atoms with Gasteiger partial charge in [-0.25, -0.2) is 4.39 Å². The van der Waals surface area contributed by atoms with Crippen LogP contribution in [-0.2, 0) is 10.3 Å². The SMILES string of the molecule is OCC1(c2cccc(F)c2)CCO1. The van der Waals surface area contributed by atoms with E-state index < -0.39 is 5.60 Å². The average Bonchev–Trinajstić information content (AvgIpc) is 2.03. The van der Waals surface area contributed by atoms with Gasteiger partial charge in [-0.1, -0.05) is 12.1 Å². The Kier molecular flexibility index (Phi) is 2.06. The second-order valence-corrected chi connectivity index (χ2v) is 3.26. The third-order valence-electron chi connectivity index (χ3n) is 2.49. The van der Waals surface area contributed by atoms with Crippen LogP contribution in [0.25, 0.3) is 0 Å². The molecule has 1 heterocycles. The first-order valence-electron chi connectivity index (χ1n) is 4.28. The third kappa shape index (κ3) is 1.34. The van der Waals surface area contributed by atoms with Crippen molar-refractivity contribution in [2.24, 2.45) is 0 Å². The van der Waals surface area contributed by atoms with E-state index in [4.69, 9.17) is 9.84 Å². The zero-order valence-corrected chi connectivity index (χ0v) is 7.16. The standard InChI is InChI=1S/C10H11FO2/c11-9-3-1-2-8(6-9)10(7-12)4-5-13-10/h1-3,6,12H,4-5,7H2. The van der Waals surface area contributed by atoms with Crippen LogP contribution < -0.4 is 0 Å². The minimum Gasteiger partial charge on any atom is -0.393 e. The number of halogens is 1. The zero-order valence-electron chi connectivity index (χ0n) is 7.16. The van der Waals surface area contributed by atoms with E-state index in [2.05, 4.69) is 0 Å². The van der Waals surface area contributed by atoms with E-state index in [1.165, 1.54) is 12.1 Å². The number of hydrogen-bond donors (Lipinski definition) is 1. The number of aliphatic hydroxyl groups excluding tert-OH is 1. The van der Waals surface area contributed by atoms with Crippen LogP contribution in [0.2, 0.25) is 0 Å². The second-order valence-electron chi connectivity index (χ2n) is 3.26. The minimum absolute atomic E-state index is 0.0869. The van der Waals surface area contributed by atoms with Crippen molar-refractivity contribution >= 4 is 0 Å². The van der Waals surface area contributed by atoms with Gasteiger partial charge in [0.05, 0.1) is 13.2 Å². The molecule has 70 valence electrons. The zero-order chi connectivity index (χ0) is 9.31. The summed E-state index contributed by atoms with van der Waals surface area (Å²) >= 11 is 0. The molecule has 1 aliphatic heterocycles. The molecule has 1 aromatic carbocycles. The van der Waals surface area contributed by atoms with E-state index in [1.807, 2.05) is 0 Å². The molecule has 1 unspecified atom stereocenters. The lowest BCUT2D eigenvalue weighted by Crippen LogP contribution is -2.44. The smallest absolute Gasteiger partial charge is 0.123 e. The Balaban J connectivity index is 2.33. The molecule has 2 nitrogen and oxygen atoms in total. The molecule has 1 aromatic rings. The summed E-state index contributed by atoms with van der Waals surface area (Å²) < 4.78 is 18.1. The summed E-state index contributed by atoms with van der Waals surface area (Å²) in [5.41, 5.74) is 0.0866. The van der Waals surface area contributed by atoms with Crippen molar-refractivity contribution in [1.29, 1.82) is 0 Å². The summed E-state index contributed by atoms with van der Waals surface area (Å²) in [7, 11) is 0. The van der Waals surface area contributed by atoms with Crippen LogP contribution in [0.5, 0.6) is 0 Å². The van der Waals surface area contributed by atoms with E-state index in [0.29, 0.717) is 6.61 Å². The summed E-state index contributed by atoms with van der Waals surface area (Å²) in [6.07, 6.45) is 0.757. The van der Waals surface area contributed by atoms with Gasteiger partial charge < -0.3 is 9.84 Å². The molecule has 0 saturated carbocycles. The molecule has 1 aliphatic rings. The van der Waals surface area contributed by atoms with Crippen molar-refractivity contribution in [3.05, 3.63) is 35.6 Å². The molecular weight excluding hydrogens is 171 g/mol. The molecule has 0 bridgehead atoms. The maximum Gasteiger partial charge on any atom is 0.123 e. The molecule has 0 aromatic heterocycles. The van der Waals surface area contributed by atoms with E-state index in [1.54, 1.807) is 12.1 Å². The van der Waals surface area contributed by atoms with Gasteiger partial charge in [-0.2, -0.15) is 0 Å². The monoisotopic (exact) mass is 182 g/mol. The molecule has 2 rings (SSSR count). The normalized spacial score (nSPS) is 26.9. The first-order chi connectivity index (χ1) is 6.27. The molecule has 0 spiro atoms. The Labute approximate surface area is 76.0 Å². The summed E-state index contributed by atoms with van der Waals surface area (Å²) in [6.45, 7) is 0.549. The maximum atomic E-state index is 12.9. The molecule has 13 heavy (non-hydrogen) atoms. The summed E-state index contributed by atoms with van der Waals surface area (Å²) in [6, 6.07) is 6.20. The molecular formula is C10H11FO2. The van der Waals surface area contributed by atoms with Crippen molar-refractivity contribution in [1.82, 2.24) is 0 Å². The molecule has 1 fully saturated rings. The summed E-state index contributed by atoms with van der Waals surface area (Å²) in [5.74, 6) is -0.291. The number of hydrogen-bond acceptors (Lipinski definition) is 2. The quantitative estimate of drug-likeness (QED) is 0.749. The molecule has 1 saturated heterocycles. The average molecular weight is 182 g/mol. The van der Waals surface area contributed by atoms with Crippen molar-refractivity contribution in [3.8, 4) is 0 Å². The Bertz CT molecular complexity index is 302. The highest BCUT2D eigenvalue weighted by atomic mass is 19.1. The lowest BCUT2D eigenvalue weighted by atomic mass is 9.87. The van der Waals surface area contributed by atoms with Gasteiger partial charge in [0, 0.05) is 6.42 Å². The van der Waals surface area contributed by atoms with Crippen LogP contribution in [0.1, 0.15) is 12.0 Å². The lowest BCUT2D eigenvalue weighted by molar-refractivity contribution is -0.177. The fourth-order valence-electron chi connectivity index (χ4n) is 1.56. The molecule has 0 amide bonds. The maximum absolute atomic E-state index is 12.9. The topological polar surface area (TPSA) is 29.5 Å². The van der Waals surface area contributed by atoms with Crippen molar-refractivity contribution in [2.75, 3.05) is 13.2 Å². The van der Waals surface area contributed by atoms with Gasteiger partial charge >= 0.3 is 0 Å². The lowest BCUT2D eigenvalue weighted by Gasteiger charge is -2.40. The fraction of sp³-hybridized carbons (Fsp3) is 0.400. The highest BCUT2D eigenvalue weighted by Crippen LogP contribution is 2.36. The molecule has 0 radical (unpaired) electrons. The van der Waals surface area contributed by atoms with E-state index in [0.717, 1.165) is 12.0 Å². The molecule has 0 aliphatic carbocycles. The van der Waals surface area contributed by atoms with Gasteiger partial charge in [0.1, 0.15) is 11.4 Å². The number of rotatable bonds is 2. The summed E-state index contributed by atoms with van der Waals surface area (Å²) in [4.78, 5) is 0. The van der Waals surface area contributed by atoms with Gasteiger partial charge in [-0.3, -0.25) is 0 Å². The Morgan fingerprint density at radius 1 is 1.54 bits per heavy atom. The largest absolute Gasteiger partial charge is 0.393 e. The molecule has 1 N–H and O–H groups in total. The molecule has 1 atom stereocenters. The Morgan fingerprint density at radius 3 is 2.77 bits per heavy atom. The van der Waals surface area contributed by atoms with Crippen LogP contribution in [0.4, 0.5) is 4.39 Å². The third-order valence-corrected chi connectivity index (χ3v) is 2.49. The second kappa shape index (κ2) is 3.09. The van der Waals surface area contributed by atoms with Crippen LogP contribution in [0.3, 0.4) is 0 Å². The van der Waals surface area contributed by atoms with Crippen LogP contribution in [0.15, 0.2) is 24.3 Å². The first kappa shape index (κ1) is 8.66. The Hall–Kier alpha value is -0.930. The number of benzene rings is 1. The van der Waals surface area contributed by atoms with E-state index in [9.17, 15) is 4.39 Å². The van der Waals surface area contributed by atoms with Gasteiger partial charge in [0.25, 0.3) is 0 Å². The van der Waals surface area contributed by atoms with E-state index >= 15 is 0 Å². The van der Waals surface area contributed by atoms with Gasteiger partial charge in [0.2, 0.25) is 0 Å². The van der Waals surface area contributed by atoms with Gasteiger partial charge in [-0.05, 0) is 17.7 Å². The number of ether oxygens (including phenoxy) is 1. The minimum atomic E-state index is -0.637. The van der Waals surface area contributed by atoms with Gasteiger partial charge in [0.15, 0.2) is 0 Å². The van der Waals surface area contributed by atoms with Crippen molar-refractivity contribution in [3.63, 3.8) is 0 Å². The van der Waals surface area contributed by atoms with Crippen LogP contribution in [-0.4, -0.2) is 18.3 Å². The fourth-order valence-corrected chi connectivity index (χ4v) is 1.56. The summed E-state index contributed by atoms with van der Waals surface area (Å²) in [5, 5.41) is 9.13. The predicted molar refractivity (Wildman–Crippen MR) is 45.7 cm³/mol. The van der Waals surface area contributed by atoms with Crippen LogP contribution >= 0.6 is 0 Å². The Morgan fingerprint density at radius 2 is 2.31 bits per heavy atom. The van der Waals surface area contributed by atoms with Crippen molar-refractivity contribution < 1.29 is 14.2 Å². The first-order valence-corrected chi connectivity index (χ1v) is 4.28.